The van der Waals surface area contributed by atoms with Gasteiger partial charge in [-0.1, -0.05) is 12.1 Å². The van der Waals surface area contributed by atoms with Crippen molar-refractivity contribution in [3.05, 3.63) is 42.2 Å². The number of rotatable bonds is 2. The summed E-state index contributed by atoms with van der Waals surface area (Å²) < 4.78 is 32.9. The van der Waals surface area contributed by atoms with Crippen molar-refractivity contribution in [1.82, 2.24) is 19.8 Å². The number of hydrogen-bond donors (Lipinski definition) is 2. The number of para-hydroxylation sites is 1. The van der Waals surface area contributed by atoms with E-state index in [1.54, 1.807) is 30.3 Å². The zero-order valence-corrected chi connectivity index (χ0v) is 13.5. The van der Waals surface area contributed by atoms with Gasteiger partial charge in [0, 0.05) is 18.8 Å². The fourth-order valence-electron chi connectivity index (χ4n) is 3.18. The zero-order chi connectivity index (χ0) is 16.7. The van der Waals surface area contributed by atoms with Gasteiger partial charge in [-0.2, -0.15) is 9.40 Å². The number of benzene rings is 1. The van der Waals surface area contributed by atoms with Crippen LogP contribution in [-0.4, -0.2) is 54.1 Å². The Morgan fingerprint density at radius 3 is 2.96 bits per heavy atom. The van der Waals surface area contributed by atoms with E-state index in [-0.39, 0.29) is 36.0 Å². The van der Waals surface area contributed by atoms with Crippen LogP contribution in [0.5, 0.6) is 5.75 Å². The van der Waals surface area contributed by atoms with E-state index < -0.39 is 10.0 Å². The van der Waals surface area contributed by atoms with Crippen molar-refractivity contribution in [3.63, 3.8) is 0 Å². The molecular weight excluding hydrogens is 332 g/mol. The predicted octanol–water partition coefficient (Wildman–Crippen LogP) is 0.364. The van der Waals surface area contributed by atoms with E-state index in [1.165, 1.54) is 10.5 Å². The number of H-pyrrole nitrogens is 1. The summed E-state index contributed by atoms with van der Waals surface area (Å²) in [4.78, 5) is 12.3. The normalized spacial score (nSPS) is 25.2. The summed E-state index contributed by atoms with van der Waals surface area (Å²) in [5.74, 6) is 0.0822. The minimum atomic E-state index is -3.64. The Balaban J connectivity index is 1.56. The number of amides is 1. The van der Waals surface area contributed by atoms with Crippen LogP contribution in [0.2, 0.25) is 0 Å². The molecule has 4 rings (SSSR count). The first-order valence-electron chi connectivity index (χ1n) is 7.59. The van der Waals surface area contributed by atoms with Crippen LogP contribution in [0.15, 0.2) is 41.4 Å². The highest BCUT2D eigenvalue weighted by Crippen LogP contribution is 2.35. The van der Waals surface area contributed by atoms with Crippen molar-refractivity contribution in [3.8, 4) is 5.75 Å². The van der Waals surface area contributed by atoms with E-state index in [2.05, 4.69) is 15.5 Å². The molecule has 1 aromatic heterocycles. The SMILES string of the molecule is O=C(N[C@H]1C[C@H]2COc3ccccc3S(=O)(=O)N2C1)c1ccn[nH]1. The lowest BCUT2D eigenvalue weighted by molar-refractivity contribution is 0.0933. The minimum absolute atomic E-state index is 0.174. The summed E-state index contributed by atoms with van der Waals surface area (Å²) in [6, 6.07) is 7.63. The molecule has 2 aliphatic rings. The van der Waals surface area contributed by atoms with Gasteiger partial charge in [0.15, 0.2) is 0 Å². The number of carbonyl (C=O) groups excluding carboxylic acids is 1. The largest absolute Gasteiger partial charge is 0.490 e. The Bertz CT molecular complexity index is 865. The second kappa shape index (κ2) is 5.60. The van der Waals surface area contributed by atoms with Crippen LogP contribution in [0.4, 0.5) is 0 Å². The van der Waals surface area contributed by atoms with Gasteiger partial charge in [0.05, 0.1) is 6.04 Å². The van der Waals surface area contributed by atoms with E-state index in [0.29, 0.717) is 17.9 Å². The number of nitrogens with one attached hydrogen (secondary N) is 2. The molecule has 1 aromatic carbocycles. The topological polar surface area (TPSA) is 104 Å². The van der Waals surface area contributed by atoms with Gasteiger partial charge in [0.1, 0.15) is 22.9 Å². The monoisotopic (exact) mass is 348 g/mol. The lowest BCUT2D eigenvalue weighted by Gasteiger charge is -2.19. The highest BCUT2D eigenvalue weighted by Gasteiger charge is 2.44. The molecule has 0 unspecified atom stereocenters. The molecule has 9 heteroatoms. The first kappa shape index (κ1) is 15.2. The molecule has 0 radical (unpaired) electrons. The molecule has 8 nitrogen and oxygen atoms in total. The Morgan fingerprint density at radius 1 is 1.33 bits per heavy atom. The Morgan fingerprint density at radius 2 is 2.17 bits per heavy atom. The molecule has 1 saturated heterocycles. The molecule has 24 heavy (non-hydrogen) atoms. The second-order valence-electron chi connectivity index (χ2n) is 5.86. The molecular formula is C15H16N4O4S. The average Bonchev–Trinajstić information content (AvgIpc) is 3.21. The highest BCUT2D eigenvalue weighted by atomic mass is 32.2. The number of aromatic nitrogens is 2. The van der Waals surface area contributed by atoms with Gasteiger partial charge in [-0.05, 0) is 24.6 Å². The van der Waals surface area contributed by atoms with Crippen molar-refractivity contribution in [2.45, 2.75) is 23.4 Å². The summed E-state index contributed by atoms with van der Waals surface area (Å²) >= 11 is 0. The molecule has 126 valence electrons. The molecule has 2 atom stereocenters. The van der Waals surface area contributed by atoms with Crippen molar-refractivity contribution in [2.75, 3.05) is 13.2 Å². The number of aromatic amines is 1. The van der Waals surface area contributed by atoms with E-state index in [9.17, 15) is 13.2 Å². The van der Waals surface area contributed by atoms with Gasteiger partial charge in [-0.25, -0.2) is 8.42 Å². The molecule has 3 heterocycles. The first-order valence-corrected chi connectivity index (χ1v) is 9.03. The number of sulfonamides is 1. The van der Waals surface area contributed by atoms with Gasteiger partial charge >= 0.3 is 0 Å². The predicted molar refractivity (Wildman–Crippen MR) is 84.1 cm³/mol. The summed E-state index contributed by atoms with van der Waals surface area (Å²) in [7, 11) is -3.64. The zero-order valence-electron chi connectivity index (χ0n) is 12.7. The van der Waals surface area contributed by atoms with Crippen LogP contribution in [0.3, 0.4) is 0 Å². The van der Waals surface area contributed by atoms with E-state index in [4.69, 9.17) is 4.74 Å². The standard InChI is InChI=1S/C15H16N4O4S/c20-15(12-5-6-16-18-12)17-10-7-11-9-23-13-3-1-2-4-14(13)24(21,22)19(11)8-10/h1-6,10-11H,7-9H2,(H,16,18)(H,17,20)/t10-,11-/m0/s1. The van der Waals surface area contributed by atoms with Crippen LogP contribution in [0, 0.1) is 0 Å². The van der Waals surface area contributed by atoms with Crippen molar-refractivity contribution >= 4 is 15.9 Å². The van der Waals surface area contributed by atoms with Crippen LogP contribution in [0.25, 0.3) is 0 Å². The van der Waals surface area contributed by atoms with Gasteiger partial charge in [0.2, 0.25) is 10.0 Å². The molecule has 0 bridgehead atoms. The van der Waals surface area contributed by atoms with Crippen molar-refractivity contribution < 1.29 is 17.9 Å². The molecule has 1 fully saturated rings. The third kappa shape index (κ3) is 2.45. The van der Waals surface area contributed by atoms with E-state index in [0.717, 1.165) is 0 Å². The van der Waals surface area contributed by atoms with Gasteiger partial charge in [-0.3, -0.25) is 9.89 Å². The maximum atomic E-state index is 12.9. The van der Waals surface area contributed by atoms with Crippen molar-refractivity contribution in [1.29, 1.82) is 0 Å². The van der Waals surface area contributed by atoms with Crippen LogP contribution >= 0.6 is 0 Å². The smallest absolute Gasteiger partial charge is 0.269 e. The Labute approximate surface area is 138 Å². The minimum Gasteiger partial charge on any atom is -0.490 e. The van der Waals surface area contributed by atoms with Crippen LogP contribution in [0.1, 0.15) is 16.9 Å². The lowest BCUT2D eigenvalue weighted by Crippen LogP contribution is -2.39. The fraction of sp³-hybridized carbons (Fsp3) is 0.333. The van der Waals surface area contributed by atoms with Gasteiger partial charge in [0.25, 0.3) is 5.91 Å². The van der Waals surface area contributed by atoms with Crippen LogP contribution in [-0.2, 0) is 10.0 Å². The molecule has 2 aromatic rings. The second-order valence-corrected chi connectivity index (χ2v) is 7.72. The Kier molecular flexibility index (Phi) is 3.54. The molecule has 0 spiro atoms. The third-order valence-corrected chi connectivity index (χ3v) is 6.27. The Hall–Kier alpha value is -2.39. The maximum Gasteiger partial charge on any atom is 0.269 e. The lowest BCUT2D eigenvalue weighted by atomic mass is 10.2. The molecule has 1 amide bonds. The summed E-state index contributed by atoms with van der Waals surface area (Å²) in [6.45, 7) is 0.497. The number of ether oxygens (including phenoxy) is 1. The maximum absolute atomic E-state index is 12.9. The summed E-state index contributed by atoms with van der Waals surface area (Å²) in [5, 5.41) is 9.18. The molecule has 2 N–H and O–H groups in total. The molecule has 0 saturated carbocycles. The number of fused-ring (bicyclic) bond motifs is 2. The van der Waals surface area contributed by atoms with Crippen LogP contribution < -0.4 is 10.1 Å². The van der Waals surface area contributed by atoms with E-state index >= 15 is 0 Å². The number of hydrogen-bond acceptors (Lipinski definition) is 5. The van der Waals surface area contributed by atoms with Gasteiger partial charge < -0.3 is 10.1 Å². The average molecular weight is 348 g/mol. The number of nitrogens with zero attached hydrogens (tertiary/aromatic N) is 2. The first-order chi connectivity index (χ1) is 11.6. The quantitative estimate of drug-likeness (QED) is 0.816. The summed E-state index contributed by atoms with van der Waals surface area (Å²) in [6.07, 6.45) is 2.00. The fourth-order valence-corrected chi connectivity index (χ4v) is 4.98. The third-order valence-electron chi connectivity index (χ3n) is 4.31. The highest BCUT2D eigenvalue weighted by molar-refractivity contribution is 7.89. The molecule has 0 aliphatic carbocycles. The van der Waals surface area contributed by atoms with E-state index in [1.807, 2.05) is 0 Å². The van der Waals surface area contributed by atoms with Crippen molar-refractivity contribution in [2.24, 2.45) is 0 Å². The number of carbonyl (C=O) groups is 1. The molecule has 2 aliphatic heterocycles. The summed E-state index contributed by atoms with van der Waals surface area (Å²) in [5.41, 5.74) is 0.349. The van der Waals surface area contributed by atoms with Gasteiger partial charge in [-0.15, -0.1) is 0 Å².